The Kier molecular flexibility index (Phi) is 5.36. The summed E-state index contributed by atoms with van der Waals surface area (Å²) in [4.78, 5) is 20.9. The SMILES string of the molecule is CCCc1nc(NCC)cc(NC(C)C(=O)NC2CC2)n1. The topological polar surface area (TPSA) is 78.9 Å². The number of aryl methyl sites for hydroxylation is 1. The van der Waals surface area contributed by atoms with E-state index in [2.05, 4.69) is 32.8 Å². The standard InChI is InChI=1S/C15H25N5O/c1-4-6-12-19-13(16-5-2)9-14(20-12)17-10(3)15(21)18-11-7-8-11/h9-11H,4-8H2,1-3H3,(H,18,21)(H2,16,17,19,20). The van der Waals surface area contributed by atoms with Crippen LogP contribution in [0.1, 0.15) is 45.9 Å². The van der Waals surface area contributed by atoms with Crippen molar-refractivity contribution in [3.8, 4) is 0 Å². The van der Waals surface area contributed by atoms with E-state index in [1.807, 2.05) is 19.9 Å². The van der Waals surface area contributed by atoms with Gasteiger partial charge in [0.25, 0.3) is 0 Å². The zero-order chi connectivity index (χ0) is 15.2. The Hall–Kier alpha value is -1.85. The minimum absolute atomic E-state index is 0.0261. The highest BCUT2D eigenvalue weighted by molar-refractivity contribution is 5.84. The zero-order valence-corrected chi connectivity index (χ0v) is 13.1. The van der Waals surface area contributed by atoms with Gasteiger partial charge < -0.3 is 16.0 Å². The number of rotatable bonds is 8. The highest BCUT2D eigenvalue weighted by atomic mass is 16.2. The average molecular weight is 291 g/mol. The van der Waals surface area contributed by atoms with E-state index in [4.69, 9.17) is 0 Å². The van der Waals surface area contributed by atoms with Gasteiger partial charge in [0.1, 0.15) is 23.5 Å². The van der Waals surface area contributed by atoms with Crippen molar-refractivity contribution in [2.24, 2.45) is 0 Å². The number of carbonyl (C=O) groups excluding carboxylic acids is 1. The molecule has 6 heteroatoms. The van der Waals surface area contributed by atoms with Gasteiger partial charge in [-0.15, -0.1) is 0 Å². The van der Waals surface area contributed by atoms with Gasteiger partial charge in [-0.25, -0.2) is 9.97 Å². The second kappa shape index (κ2) is 7.24. The third-order valence-corrected chi connectivity index (χ3v) is 3.29. The van der Waals surface area contributed by atoms with Crippen LogP contribution in [-0.2, 0) is 11.2 Å². The predicted molar refractivity (Wildman–Crippen MR) is 84.4 cm³/mol. The van der Waals surface area contributed by atoms with Crippen molar-refractivity contribution in [2.75, 3.05) is 17.2 Å². The van der Waals surface area contributed by atoms with Crippen molar-refractivity contribution in [3.05, 3.63) is 11.9 Å². The molecule has 1 aromatic heterocycles. The lowest BCUT2D eigenvalue weighted by Crippen LogP contribution is -2.38. The first-order valence-corrected chi connectivity index (χ1v) is 7.81. The number of hydrogen-bond donors (Lipinski definition) is 3. The molecule has 6 nitrogen and oxygen atoms in total. The van der Waals surface area contributed by atoms with E-state index in [0.29, 0.717) is 11.9 Å². The number of nitrogens with zero attached hydrogens (tertiary/aromatic N) is 2. The summed E-state index contributed by atoms with van der Waals surface area (Å²) in [6, 6.07) is 1.92. The summed E-state index contributed by atoms with van der Waals surface area (Å²) in [6.45, 7) is 6.79. The van der Waals surface area contributed by atoms with Crippen molar-refractivity contribution < 1.29 is 4.79 Å². The van der Waals surface area contributed by atoms with Crippen LogP contribution in [0.4, 0.5) is 11.6 Å². The number of anilines is 2. The molecule has 116 valence electrons. The number of carbonyl (C=O) groups is 1. The number of amides is 1. The smallest absolute Gasteiger partial charge is 0.242 e. The quantitative estimate of drug-likeness (QED) is 0.682. The fourth-order valence-corrected chi connectivity index (χ4v) is 2.02. The molecule has 21 heavy (non-hydrogen) atoms. The predicted octanol–water partition coefficient (Wildman–Crippen LogP) is 1.94. The molecular weight excluding hydrogens is 266 g/mol. The molecule has 0 saturated heterocycles. The average Bonchev–Trinajstić information content (AvgIpc) is 3.23. The molecule has 0 spiro atoms. The van der Waals surface area contributed by atoms with E-state index in [9.17, 15) is 4.79 Å². The van der Waals surface area contributed by atoms with E-state index in [1.165, 1.54) is 0 Å². The Morgan fingerprint density at radius 2 is 2.05 bits per heavy atom. The van der Waals surface area contributed by atoms with Crippen molar-refractivity contribution in [1.82, 2.24) is 15.3 Å². The molecule has 1 unspecified atom stereocenters. The highest BCUT2D eigenvalue weighted by Crippen LogP contribution is 2.19. The second-order valence-electron chi connectivity index (χ2n) is 5.48. The Bertz CT molecular complexity index is 463. The molecule has 1 aromatic rings. The molecule has 0 bridgehead atoms. The molecule has 3 N–H and O–H groups in total. The molecular formula is C15H25N5O. The second-order valence-corrected chi connectivity index (χ2v) is 5.48. The van der Waals surface area contributed by atoms with Crippen molar-refractivity contribution in [2.45, 2.75) is 58.5 Å². The highest BCUT2D eigenvalue weighted by Gasteiger charge is 2.25. The summed E-state index contributed by atoms with van der Waals surface area (Å²) in [5.74, 6) is 2.32. The molecule has 1 aliphatic rings. The summed E-state index contributed by atoms with van der Waals surface area (Å²) in [7, 11) is 0. The van der Waals surface area contributed by atoms with E-state index in [1.54, 1.807) is 0 Å². The fraction of sp³-hybridized carbons (Fsp3) is 0.667. The van der Waals surface area contributed by atoms with Gasteiger partial charge in [0.15, 0.2) is 0 Å². The van der Waals surface area contributed by atoms with Gasteiger partial charge in [0.05, 0.1) is 0 Å². The van der Waals surface area contributed by atoms with Crippen molar-refractivity contribution in [3.63, 3.8) is 0 Å². The van der Waals surface area contributed by atoms with Crippen LogP contribution >= 0.6 is 0 Å². The summed E-state index contributed by atoms with van der Waals surface area (Å²) in [5.41, 5.74) is 0. The van der Waals surface area contributed by atoms with Crippen LogP contribution in [0.25, 0.3) is 0 Å². The van der Waals surface area contributed by atoms with Crippen LogP contribution in [-0.4, -0.2) is 34.5 Å². The van der Waals surface area contributed by atoms with Crippen LogP contribution in [0.3, 0.4) is 0 Å². The third kappa shape index (κ3) is 4.88. The fourth-order valence-electron chi connectivity index (χ4n) is 2.02. The van der Waals surface area contributed by atoms with E-state index in [-0.39, 0.29) is 11.9 Å². The first kappa shape index (κ1) is 15.5. The monoisotopic (exact) mass is 291 g/mol. The van der Waals surface area contributed by atoms with E-state index >= 15 is 0 Å². The molecule has 0 radical (unpaired) electrons. The Labute approximate surface area is 126 Å². The summed E-state index contributed by atoms with van der Waals surface area (Å²) in [5, 5.41) is 9.36. The number of nitrogens with one attached hydrogen (secondary N) is 3. The molecule has 0 aromatic carbocycles. The lowest BCUT2D eigenvalue weighted by Gasteiger charge is -2.16. The molecule has 1 atom stereocenters. The molecule has 1 amide bonds. The molecule has 1 heterocycles. The van der Waals surface area contributed by atoms with E-state index in [0.717, 1.165) is 43.9 Å². The molecule has 1 fully saturated rings. The van der Waals surface area contributed by atoms with Crippen LogP contribution in [0.2, 0.25) is 0 Å². The van der Waals surface area contributed by atoms with Gasteiger partial charge >= 0.3 is 0 Å². The normalized spacial score (nSPS) is 15.4. The van der Waals surface area contributed by atoms with E-state index < -0.39 is 0 Å². The van der Waals surface area contributed by atoms with Gasteiger partial charge in [-0.3, -0.25) is 4.79 Å². The van der Waals surface area contributed by atoms with Crippen molar-refractivity contribution in [1.29, 1.82) is 0 Å². The zero-order valence-electron chi connectivity index (χ0n) is 13.1. The van der Waals surface area contributed by atoms with Gasteiger partial charge in [-0.1, -0.05) is 6.92 Å². The summed E-state index contributed by atoms with van der Waals surface area (Å²) in [6.07, 6.45) is 4.01. The van der Waals surface area contributed by atoms with Crippen LogP contribution in [0, 0.1) is 0 Å². The minimum atomic E-state index is -0.301. The van der Waals surface area contributed by atoms with Gasteiger partial charge in [-0.2, -0.15) is 0 Å². The van der Waals surface area contributed by atoms with Gasteiger partial charge in [0, 0.05) is 25.1 Å². The maximum absolute atomic E-state index is 12.0. The van der Waals surface area contributed by atoms with Crippen molar-refractivity contribution >= 4 is 17.5 Å². The third-order valence-electron chi connectivity index (χ3n) is 3.29. The van der Waals surface area contributed by atoms with Crippen LogP contribution < -0.4 is 16.0 Å². The minimum Gasteiger partial charge on any atom is -0.370 e. The number of aromatic nitrogens is 2. The lowest BCUT2D eigenvalue weighted by molar-refractivity contribution is -0.121. The lowest BCUT2D eigenvalue weighted by atomic mass is 10.3. The summed E-state index contributed by atoms with van der Waals surface area (Å²) >= 11 is 0. The first-order chi connectivity index (χ1) is 10.1. The maximum atomic E-state index is 12.0. The van der Waals surface area contributed by atoms with Crippen LogP contribution in [0.5, 0.6) is 0 Å². The number of hydrogen-bond acceptors (Lipinski definition) is 5. The largest absolute Gasteiger partial charge is 0.370 e. The van der Waals surface area contributed by atoms with Crippen LogP contribution in [0.15, 0.2) is 6.07 Å². The Morgan fingerprint density at radius 1 is 1.33 bits per heavy atom. The maximum Gasteiger partial charge on any atom is 0.242 e. The van der Waals surface area contributed by atoms with Gasteiger partial charge in [0.2, 0.25) is 5.91 Å². The molecule has 0 aliphatic heterocycles. The molecule has 2 rings (SSSR count). The Morgan fingerprint density at radius 3 is 2.67 bits per heavy atom. The molecule has 1 saturated carbocycles. The molecule has 1 aliphatic carbocycles. The Balaban J connectivity index is 2.03. The first-order valence-electron chi connectivity index (χ1n) is 7.81. The summed E-state index contributed by atoms with van der Waals surface area (Å²) < 4.78 is 0. The van der Waals surface area contributed by atoms with Gasteiger partial charge in [-0.05, 0) is 33.1 Å².